The highest BCUT2D eigenvalue weighted by molar-refractivity contribution is 6.04. The molecule has 0 atom stereocenters. The lowest BCUT2D eigenvalue weighted by atomic mass is 10.1. The molecule has 5 N–H and O–H groups in total. The van der Waals surface area contributed by atoms with Crippen molar-refractivity contribution in [2.45, 2.75) is 19.6 Å². The van der Waals surface area contributed by atoms with Crippen LogP contribution in [-0.4, -0.2) is 26.9 Å². The minimum Gasteiger partial charge on any atom is -0.334 e. The van der Waals surface area contributed by atoms with Crippen LogP contribution >= 0.6 is 0 Å². The van der Waals surface area contributed by atoms with Gasteiger partial charge in [-0.25, -0.2) is 9.78 Å². The molecule has 2 aromatic heterocycles. The van der Waals surface area contributed by atoms with Crippen LogP contribution in [0.4, 0.5) is 41.0 Å². The van der Waals surface area contributed by atoms with Crippen molar-refractivity contribution in [3.8, 4) is 11.3 Å². The van der Waals surface area contributed by atoms with E-state index < -0.39 is 17.8 Å². The average molecular weight is 586 g/mol. The Kier molecular flexibility index (Phi) is 8.37. The normalized spacial score (nSPS) is 11.1. The number of carbonyl (C=O) groups excluding carboxylic acids is 2. The fourth-order valence-corrected chi connectivity index (χ4v) is 4.09. The summed E-state index contributed by atoms with van der Waals surface area (Å²) in [7, 11) is 0. The maximum Gasteiger partial charge on any atom is 0.416 e. The molecule has 0 saturated heterocycles. The number of amides is 3. The Hall–Kier alpha value is -5.65. The zero-order valence-electron chi connectivity index (χ0n) is 22.8. The van der Waals surface area contributed by atoms with Gasteiger partial charge in [-0.05, 0) is 78.7 Å². The van der Waals surface area contributed by atoms with E-state index in [1.165, 1.54) is 12.1 Å². The second-order valence-electron chi connectivity index (χ2n) is 9.56. The molecule has 0 radical (unpaired) electrons. The molecule has 5 rings (SSSR count). The molecule has 9 nitrogen and oxygen atoms in total. The summed E-state index contributed by atoms with van der Waals surface area (Å²) in [5.74, 6) is 0.230. The standard InChI is InChI=1S/C31H26F3N7O2/c1-19-4-11-25(15-26(19)40-29-36-18-27(41-29)22-3-2-14-35-17-22)38-28(42)21-7-5-20(6-8-21)16-37-30(43)39-24-12-9-23(10-13-24)31(32,33)34/h2-15,17-18H,16H2,1H3,(H,38,42)(H2,36,40,41)(H2,37,39,43). The van der Waals surface area contributed by atoms with Crippen molar-refractivity contribution in [1.29, 1.82) is 0 Å². The molecule has 3 amide bonds. The number of hydrogen-bond donors (Lipinski definition) is 5. The largest absolute Gasteiger partial charge is 0.416 e. The van der Waals surface area contributed by atoms with Crippen molar-refractivity contribution in [2.75, 3.05) is 16.0 Å². The van der Waals surface area contributed by atoms with Crippen molar-refractivity contribution in [2.24, 2.45) is 0 Å². The van der Waals surface area contributed by atoms with Gasteiger partial charge in [0.2, 0.25) is 5.95 Å². The van der Waals surface area contributed by atoms with Crippen LogP contribution in [0.25, 0.3) is 11.3 Å². The zero-order valence-corrected chi connectivity index (χ0v) is 22.8. The molecular weight excluding hydrogens is 559 g/mol. The maximum absolute atomic E-state index is 12.9. The van der Waals surface area contributed by atoms with Crippen LogP contribution in [0, 0.1) is 6.92 Å². The van der Waals surface area contributed by atoms with E-state index in [9.17, 15) is 22.8 Å². The predicted octanol–water partition coefficient (Wildman–Crippen LogP) is 7.12. The van der Waals surface area contributed by atoms with Gasteiger partial charge >= 0.3 is 12.2 Å². The minimum atomic E-state index is -4.45. The SMILES string of the molecule is Cc1ccc(NC(=O)c2ccc(CNC(=O)Nc3ccc(C(F)(F)F)cc3)cc2)cc1Nc1nc(-c2cccnc2)c[nH]1. The summed E-state index contributed by atoms with van der Waals surface area (Å²) >= 11 is 0. The van der Waals surface area contributed by atoms with Crippen LogP contribution in [0.15, 0.2) is 97.5 Å². The molecule has 0 aliphatic rings. The van der Waals surface area contributed by atoms with E-state index in [4.69, 9.17) is 0 Å². The zero-order chi connectivity index (χ0) is 30.4. The van der Waals surface area contributed by atoms with Crippen molar-refractivity contribution in [1.82, 2.24) is 20.3 Å². The lowest BCUT2D eigenvalue weighted by Gasteiger charge is -2.12. The number of imidazole rings is 1. The number of hydrogen-bond acceptors (Lipinski definition) is 5. The van der Waals surface area contributed by atoms with Gasteiger partial charge in [0.05, 0.1) is 11.3 Å². The van der Waals surface area contributed by atoms with Gasteiger partial charge in [0.1, 0.15) is 0 Å². The van der Waals surface area contributed by atoms with Gasteiger partial charge in [0.15, 0.2) is 0 Å². The number of aromatic nitrogens is 3. The maximum atomic E-state index is 12.9. The summed E-state index contributed by atoms with van der Waals surface area (Å²) < 4.78 is 38.1. The molecular formula is C31H26F3N7O2. The van der Waals surface area contributed by atoms with Gasteiger partial charge in [-0.1, -0.05) is 18.2 Å². The second-order valence-corrected chi connectivity index (χ2v) is 9.56. The highest BCUT2D eigenvalue weighted by Crippen LogP contribution is 2.30. The molecule has 43 heavy (non-hydrogen) atoms. The first kappa shape index (κ1) is 28.9. The van der Waals surface area contributed by atoms with Crippen LogP contribution < -0.4 is 21.3 Å². The smallest absolute Gasteiger partial charge is 0.334 e. The summed E-state index contributed by atoms with van der Waals surface area (Å²) in [5.41, 5.74) is 4.51. The Bertz CT molecular complexity index is 1720. The third-order valence-electron chi connectivity index (χ3n) is 6.42. The van der Waals surface area contributed by atoms with E-state index in [2.05, 4.69) is 36.2 Å². The number of anilines is 4. The number of nitrogens with zero attached hydrogens (tertiary/aromatic N) is 2. The summed E-state index contributed by atoms with van der Waals surface area (Å²) in [6.45, 7) is 2.09. The van der Waals surface area contributed by atoms with E-state index in [1.54, 1.807) is 48.9 Å². The molecule has 0 spiro atoms. The lowest BCUT2D eigenvalue weighted by Crippen LogP contribution is -2.28. The van der Waals surface area contributed by atoms with Crippen molar-refractivity contribution >= 4 is 34.9 Å². The summed E-state index contributed by atoms with van der Waals surface area (Å²) in [5, 5.41) is 11.2. The third-order valence-corrected chi connectivity index (χ3v) is 6.42. The Morgan fingerprint density at radius 2 is 1.65 bits per heavy atom. The van der Waals surface area contributed by atoms with Crippen LogP contribution in [0.2, 0.25) is 0 Å². The van der Waals surface area contributed by atoms with Gasteiger partial charge in [0.25, 0.3) is 5.91 Å². The number of pyridine rings is 1. The van der Waals surface area contributed by atoms with Crippen molar-refractivity contribution in [3.05, 3.63) is 120 Å². The number of nitrogens with one attached hydrogen (secondary N) is 5. The minimum absolute atomic E-state index is 0.149. The van der Waals surface area contributed by atoms with Crippen molar-refractivity contribution in [3.63, 3.8) is 0 Å². The molecule has 3 aromatic carbocycles. The highest BCUT2D eigenvalue weighted by Gasteiger charge is 2.30. The summed E-state index contributed by atoms with van der Waals surface area (Å²) in [6, 6.07) is 19.5. The fraction of sp³-hybridized carbons (Fsp3) is 0.0968. The number of H-pyrrole nitrogens is 1. The molecule has 0 unspecified atom stereocenters. The first-order chi connectivity index (χ1) is 20.6. The molecule has 2 heterocycles. The quantitative estimate of drug-likeness (QED) is 0.133. The van der Waals surface area contributed by atoms with Gasteiger partial charge < -0.3 is 26.3 Å². The van der Waals surface area contributed by atoms with Crippen LogP contribution in [0.1, 0.15) is 27.0 Å². The van der Waals surface area contributed by atoms with E-state index in [0.717, 1.165) is 40.2 Å². The van der Waals surface area contributed by atoms with Gasteiger partial charge in [-0.3, -0.25) is 9.78 Å². The topological polar surface area (TPSA) is 124 Å². The molecule has 0 aliphatic heterocycles. The second kappa shape index (κ2) is 12.5. The predicted molar refractivity (Wildman–Crippen MR) is 158 cm³/mol. The molecule has 218 valence electrons. The monoisotopic (exact) mass is 585 g/mol. The molecule has 12 heteroatoms. The summed E-state index contributed by atoms with van der Waals surface area (Å²) in [4.78, 5) is 36.8. The Morgan fingerprint density at radius 3 is 2.35 bits per heavy atom. The first-order valence-corrected chi connectivity index (χ1v) is 13.1. The Balaban J connectivity index is 1.14. The van der Waals surface area contributed by atoms with E-state index in [0.29, 0.717) is 17.2 Å². The highest BCUT2D eigenvalue weighted by atomic mass is 19.4. The molecule has 0 aliphatic carbocycles. The number of carbonyl (C=O) groups is 2. The third kappa shape index (κ3) is 7.55. The number of rotatable bonds is 8. The Labute approximate surface area is 244 Å². The van der Waals surface area contributed by atoms with Crippen LogP contribution in [0.5, 0.6) is 0 Å². The number of aryl methyl sites for hydroxylation is 1. The first-order valence-electron chi connectivity index (χ1n) is 13.1. The van der Waals surface area contributed by atoms with Gasteiger partial charge in [-0.2, -0.15) is 13.2 Å². The number of aromatic amines is 1. The van der Waals surface area contributed by atoms with Gasteiger partial charge in [-0.15, -0.1) is 0 Å². The fourth-order valence-electron chi connectivity index (χ4n) is 4.09. The number of halogens is 3. The number of urea groups is 1. The molecule has 0 fully saturated rings. The lowest BCUT2D eigenvalue weighted by molar-refractivity contribution is -0.137. The van der Waals surface area contributed by atoms with E-state index in [1.807, 2.05) is 31.2 Å². The van der Waals surface area contributed by atoms with E-state index in [-0.39, 0.29) is 18.1 Å². The average Bonchev–Trinajstić information content (AvgIpc) is 3.47. The molecule has 0 saturated carbocycles. The number of alkyl halides is 3. The summed E-state index contributed by atoms with van der Waals surface area (Å²) in [6.07, 6.45) is 0.763. The molecule has 5 aromatic rings. The number of benzene rings is 3. The molecule has 0 bridgehead atoms. The van der Waals surface area contributed by atoms with Crippen LogP contribution in [0.3, 0.4) is 0 Å². The van der Waals surface area contributed by atoms with E-state index >= 15 is 0 Å². The van der Waals surface area contributed by atoms with Crippen LogP contribution in [-0.2, 0) is 12.7 Å². The van der Waals surface area contributed by atoms with Gasteiger partial charge in [0, 0.05) is 53.3 Å². The van der Waals surface area contributed by atoms with Crippen molar-refractivity contribution < 1.29 is 22.8 Å². The Morgan fingerprint density at radius 1 is 0.907 bits per heavy atom.